The van der Waals surface area contributed by atoms with Crippen molar-refractivity contribution < 1.29 is 14.4 Å². The van der Waals surface area contributed by atoms with Gasteiger partial charge in [0.2, 0.25) is 5.91 Å². The van der Waals surface area contributed by atoms with Gasteiger partial charge in [-0.05, 0) is 25.1 Å². The molecule has 0 aliphatic rings. The van der Waals surface area contributed by atoms with Crippen molar-refractivity contribution in [2.75, 3.05) is 13.2 Å². The van der Waals surface area contributed by atoms with E-state index in [0.717, 1.165) is 10.2 Å². The predicted molar refractivity (Wildman–Crippen MR) is 64.0 cm³/mol. The van der Waals surface area contributed by atoms with E-state index in [1.165, 1.54) is 0 Å². The van der Waals surface area contributed by atoms with Gasteiger partial charge in [-0.25, -0.2) is 5.48 Å². The van der Waals surface area contributed by atoms with Crippen LogP contribution in [0.5, 0.6) is 5.75 Å². The van der Waals surface area contributed by atoms with E-state index < -0.39 is 0 Å². The number of rotatable bonds is 6. The first kappa shape index (κ1) is 13.0. The minimum atomic E-state index is -0.183. The maximum Gasteiger partial charge on any atom is 0.246 e. The summed E-state index contributed by atoms with van der Waals surface area (Å²) in [5.74, 6) is 0.551. The Hall–Kier alpha value is -1.07. The number of hydroxylamine groups is 1. The molecule has 1 rings (SSSR count). The van der Waals surface area contributed by atoms with E-state index >= 15 is 0 Å². The number of nitrogens with one attached hydrogen (secondary N) is 1. The molecule has 1 aromatic carbocycles. The van der Waals surface area contributed by atoms with Gasteiger partial charge in [0.15, 0.2) is 0 Å². The lowest BCUT2D eigenvalue weighted by molar-refractivity contribution is -0.133. The molecular weight excluding hydrogens is 274 g/mol. The molecule has 0 unspecified atom stereocenters. The third kappa shape index (κ3) is 5.14. The lowest BCUT2D eigenvalue weighted by Gasteiger charge is -2.06. The summed E-state index contributed by atoms with van der Waals surface area (Å²) in [5.41, 5.74) is 2.30. The Morgan fingerprint density at radius 1 is 1.50 bits per heavy atom. The molecule has 0 saturated heterocycles. The van der Waals surface area contributed by atoms with Crippen LogP contribution < -0.4 is 10.2 Å². The lowest BCUT2D eigenvalue weighted by Crippen LogP contribution is -2.25. The molecule has 1 N–H and O–H groups in total. The van der Waals surface area contributed by atoms with Gasteiger partial charge in [-0.2, -0.15) is 0 Å². The zero-order valence-electron chi connectivity index (χ0n) is 9.03. The second kappa shape index (κ2) is 7.24. The predicted octanol–water partition coefficient (Wildman–Crippen LogP) is 2.29. The average molecular weight is 288 g/mol. The summed E-state index contributed by atoms with van der Waals surface area (Å²) >= 11 is 3.34. The fraction of sp³-hybridized carbons (Fsp3) is 0.364. The van der Waals surface area contributed by atoms with Gasteiger partial charge < -0.3 is 4.74 Å². The Labute approximate surface area is 103 Å². The molecule has 0 aromatic heterocycles. The van der Waals surface area contributed by atoms with Crippen molar-refractivity contribution in [3.8, 4) is 5.75 Å². The van der Waals surface area contributed by atoms with Crippen molar-refractivity contribution >= 4 is 21.8 Å². The quantitative estimate of drug-likeness (QED) is 0.817. The van der Waals surface area contributed by atoms with Crippen molar-refractivity contribution in [1.82, 2.24) is 5.48 Å². The van der Waals surface area contributed by atoms with Crippen LogP contribution in [-0.2, 0) is 9.63 Å². The van der Waals surface area contributed by atoms with Gasteiger partial charge in [0, 0.05) is 4.47 Å². The zero-order valence-corrected chi connectivity index (χ0v) is 10.6. The minimum absolute atomic E-state index is 0.183. The van der Waals surface area contributed by atoms with Crippen LogP contribution in [0.2, 0.25) is 0 Å². The van der Waals surface area contributed by atoms with Gasteiger partial charge in [-0.15, -0.1) is 0 Å². The summed E-state index contributed by atoms with van der Waals surface area (Å²) < 4.78 is 6.34. The number of amides is 1. The van der Waals surface area contributed by atoms with Gasteiger partial charge in [-0.1, -0.05) is 22.0 Å². The number of benzene rings is 1. The van der Waals surface area contributed by atoms with Gasteiger partial charge in [0.1, 0.15) is 5.75 Å². The fourth-order valence-corrected chi connectivity index (χ4v) is 1.40. The Morgan fingerprint density at radius 3 is 3.00 bits per heavy atom. The van der Waals surface area contributed by atoms with Crippen LogP contribution in [-0.4, -0.2) is 19.1 Å². The first-order valence-electron chi connectivity index (χ1n) is 5.01. The summed E-state index contributed by atoms with van der Waals surface area (Å²) in [7, 11) is 0. The third-order valence-corrected chi connectivity index (χ3v) is 2.22. The molecule has 0 saturated carbocycles. The molecule has 5 heteroatoms. The van der Waals surface area contributed by atoms with E-state index in [1.807, 2.05) is 24.3 Å². The Morgan fingerprint density at radius 2 is 2.31 bits per heavy atom. The highest BCUT2D eigenvalue weighted by atomic mass is 79.9. The Bertz CT molecular complexity index is 344. The topological polar surface area (TPSA) is 47.6 Å². The van der Waals surface area contributed by atoms with E-state index in [9.17, 15) is 4.79 Å². The number of ether oxygens (including phenoxy) is 1. The van der Waals surface area contributed by atoms with E-state index in [-0.39, 0.29) is 12.3 Å². The summed E-state index contributed by atoms with van der Waals surface area (Å²) in [6.45, 7) is 2.59. The molecule has 0 aliphatic carbocycles. The van der Waals surface area contributed by atoms with Gasteiger partial charge >= 0.3 is 0 Å². The van der Waals surface area contributed by atoms with Crippen molar-refractivity contribution in [3.63, 3.8) is 0 Å². The standard InChI is InChI=1S/C11H14BrNO3/c1-2-16-13-11(14)6-7-15-10-5-3-4-9(12)8-10/h3-5,8H,2,6-7H2,1H3,(H,13,14). The maximum atomic E-state index is 11.1. The molecule has 1 amide bonds. The van der Waals surface area contributed by atoms with Crippen LogP contribution >= 0.6 is 15.9 Å². The monoisotopic (exact) mass is 287 g/mol. The third-order valence-electron chi connectivity index (χ3n) is 1.72. The highest BCUT2D eigenvalue weighted by Crippen LogP contribution is 2.17. The first-order chi connectivity index (χ1) is 7.72. The van der Waals surface area contributed by atoms with E-state index in [4.69, 9.17) is 9.57 Å². The van der Waals surface area contributed by atoms with E-state index in [0.29, 0.717) is 13.2 Å². The van der Waals surface area contributed by atoms with Crippen LogP contribution in [0.15, 0.2) is 28.7 Å². The van der Waals surface area contributed by atoms with Crippen LogP contribution in [0.3, 0.4) is 0 Å². The van der Waals surface area contributed by atoms with E-state index in [1.54, 1.807) is 6.92 Å². The molecule has 4 nitrogen and oxygen atoms in total. The molecule has 0 spiro atoms. The van der Waals surface area contributed by atoms with Crippen LogP contribution in [0.25, 0.3) is 0 Å². The SMILES string of the molecule is CCONC(=O)CCOc1cccc(Br)c1. The van der Waals surface area contributed by atoms with Crippen LogP contribution in [0, 0.1) is 0 Å². The Balaban J connectivity index is 2.22. The average Bonchev–Trinajstić information content (AvgIpc) is 2.26. The fourth-order valence-electron chi connectivity index (χ4n) is 1.02. The highest BCUT2D eigenvalue weighted by molar-refractivity contribution is 9.10. The van der Waals surface area contributed by atoms with Crippen molar-refractivity contribution in [2.45, 2.75) is 13.3 Å². The number of hydrogen-bond acceptors (Lipinski definition) is 3. The van der Waals surface area contributed by atoms with Gasteiger partial charge in [-0.3, -0.25) is 9.63 Å². The molecule has 0 bridgehead atoms. The second-order valence-corrected chi connectivity index (χ2v) is 3.93. The van der Waals surface area contributed by atoms with Gasteiger partial charge in [0.25, 0.3) is 0 Å². The summed E-state index contributed by atoms with van der Waals surface area (Å²) in [4.78, 5) is 15.9. The molecule has 16 heavy (non-hydrogen) atoms. The lowest BCUT2D eigenvalue weighted by atomic mass is 10.3. The molecule has 0 heterocycles. The van der Waals surface area contributed by atoms with Crippen molar-refractivity contribution in [2.24, 2.45) is 0 Å². The van der Waals surface area contributed by atoms with E-state index in [2.05, 4.69) is 21.4 Å². The van der Waals surface area contributed by atoms with Crippen LogP contribution in [0.1, 0.15) is 13.3 Å². The maximum absolute atomic E-state index is 11.1. The first-order valence-corrected chi connectivity index (χ1v) is 5.80. The zero-order chi connectivity index (χ0) is 11.8. The minimum Gasteiger partial charge on any atom is -0.493 e. The summed E-state index contributed by atoms with van der Waals surface area (Å²) in [6.07, 6.45) is 0.270. The largest absolute Gasteiger partial charge is 0.493 e. The van der Waals surface area contributed by atoms with Crippen molar-refractivity contribution in [1.29, 1.82) is 0 Å². The van der Waals surface area contributed by atoms with Crippen molar-refractivity contribution in [3.05, 3.63) is 28.7 Å². The molecular formula is C11H14BrNO3. The van der Waals surface area contributed by atoms with Crippen LogP contribution in [0.4, 0.5) is 0 Å². The number of carbonyl (C=O) groups excluding carboxylic acids is 1. The van der Waals surface area contributed by atoms with Gasteiger partial charge in [0.05, 0.1) is 19.6 Å². The molecule has 0 fully saturated rings. The summed E-state index contributed by atoms with van der Waals surface area (Å²) in [6, 6.07) is 7.47. The molecule has 0 aliphatic heterocycles. The Kier molecular flexibility index (Phi) is 5.88. The number of halogens is 1. The number of hydrogen-bond donors (Lipinski definition) is 1. The molecule has 88 valence electrons. The normalized spacial score (nSPS) is 9.88. The highest BCUT2D eigenvalue weighted by Gasteiger charge is 2.01. The smallest absolute Gasteiger partial charge is 0.246 e. The summed E-state index contributed by atoms with van der Waals surface area (Å²) in [5, 5.41) is 0. The second-order valence-electron chi connectivity index (χ2n) is 3.01. The molecule has 1 aromatic rings. The number of carbonyl (C=O) groups is 1. The molecule has 0 atom stereocenters. The molecule has 0 radical (unpaired) electrons.